The molecule has 3 atom stereocenters. The van der Waals surface area contributed by atoms with E-state index < -0.39 is 30.2 Å². The number of rotatable bonds is 8. The summed E-state index contributed by atoms with van der Waals surface area (Å²) in [7, 11) is 0. The fourth-order valence-electron chi connectivity index (χ4n) is 3.56. The summed E-state index contributed by atoms with van der Waals surface area (Å²) in [6.07, 6.45) is -3.43. The number of alkyl halides is 3. The van der Waals surface area contributed by atoms with Gasteiger partial charge in [0.1, 0.15) is 0 Å². The van der Waals surface area contributed by atoms with E-state index in [2.05, 4.69) is 15.4 Å². The highest BCUT2D eigenvalue weighted by atomic mass is 35.5. The van der Waals surface area contributed by atoms with Crippen LogP contribution in [0, 0.1) is 5.92 Å². The van der Waals surface area contributed by atoms with Gasteiger partial charge in [-0.2, -0.15) is 13.2 Å². The number of carbonyl (C=O) groups excluding carboxylic acids is 2. The van der Waals surface area contributed by atoms with Gasteiger partial charge < -0.3 is 19.3 Å². The van der Waals surface area contributed by atoms with Gasteiger partial charge in [-0.3, -0.25) is 15.0 Å². The van der Waals surface area contributed by atoms with Crippen molar-refractivity contribution in [3.05, 3.63) is 17.4 Å². The van der Waals surface area contributed by atoms with Crippen LogP contribution in [-0.2, 0) is 19.1 Å². The number of hydrazine groups is 1. The van der Waals surface area contributed by atoms with Gasteiger partial charge in [0.15, 0.2) is 5.92 Å². The molecule has 2 aliphatic rings. The minimum absolute atomic E-state index is 0.0786. The quantitative estimate of drug-likeness (QED) is 0.545. The van der Waals surface area contributed by atoms with Crippen molar-refractivity contribution in [1.29, 1.82) is 0 Å². The fourth-order valence-corrected chi connectivity index (χ4v) is 3.65. The molecule has 0 aliphatic carbocycles. The lowest BCUT2D eigenvalue weighted by Crippen LogP contribution is -2.60. The number of hydrogen-bond donors (Lipinski definition) is 2. The summed E-state index contributed by atoms with van der Waals surface area (Å²) < 4.78 is 50.2. The van der Waals surface area contributed by atoms with Crippen LogP contribution in [0.15, 0.2) is 12.4 Å². The zero-order valence-electron chi connectivity index (χ0n) is 18.0. The highest BCUT2D eigenvalue weighted by molar-refractivity contribution is 6.30. The van der Waals surface area contributed by atoms with Crippen LogP contribution in [0.5, 0.6) is 0 Å². The predicted molar refractivity (Wildman–Crippen MR) is 111 cm³/mol. The van der Waals surface area contributed by atoms with Crippen molar-refractivity contribution in [2.24, 2.45) is 5.92 Å². The van der Waals surface area contributed by atoms with Crippen molar-refractivity contribution < 1.29 is 32.2 Å². The molecule has 0 spiro atoms. The lowest BCUT2D eigenvalue weighted by molar-refractivity contribution is -0.215. The van der Waals surface area contributed by atoms with Gasteiger partial charge in [0, 0.05) is 32.7 Å². The summed E-state index contributed by atoms with van der Waals surface area (Å²) in [5.74, 6) is -2.95. The van der Waals surface area contributed by atoms with Gasteiger partial charge in [0.25, 0.3) is 0 Å². The van der Waals surface area contributed by atoms with Gasteiger partial charge in [-0.1, -0.05) is 11.6 Å². The van der Waals surface area contributed by atoms with Crippen LogP contribution in [0.2, 0.25) is 5.02 Å². The summed E-state index contributed by atoms with van der Waals surface area (Å²) in [4.78, 5) is 36.0. The molecule has 2 N–H and O–H groups in total. The maximum atomic E-state index is 13.1. The topological polar surface area (TPSA) is 109 Å². The highest BCUT2D eigenvalue weighted by Gasteiger charge is 2.52. The third-order valence-corrected chi connectivity index (χ3v) is 5.50. The lowest BCUT2D eigenvalue weighted by Gasteiger charge is -2.34. The first kappa shape index (κ1) is 25.4. The number of aromatic nitrogens is 2. The molecular formula is C19H26ClF3N6O4. The standard InChI is InChI=1S/C19H26ClF3N6O4/c1-12(11-33-14-10-26-27-17(31)16(14)19(21,22)23)32-7-2-15(30)28-3-5-29(6-4-28)18-24-8-13(20)9-25-18/h8-9,12,14,16,26H,2-7,10-11H2,1H3,(H,27,31)/t12-,14?,16?/m1/s1. The molecule has 0 saturated carbocycles. The maximum Gasteiger partial charge on any atom is 0.403 e. The van der Waals surface area contributed by atoms with Crippen LogP contribution in [0.1, 0.15) is 13.3 Å². The van der Waals surface area contributed by atoms with Crippen LogP contribution in [0.3, 0.4) is 0 Å². The van der Waals surface area contributed by atoms with Gasteiger partial charge in [-0.25, -0.2) is 15.4 Å². The average Bonchev–Trinajstić information content (AvgIpc) is 2.77. The number of amides is 2. The zero-order chi connectivity index (χ0) is 24.0. The van der Waals surface area contributed by atoms with Crippen LogP contribution in [0.25, 0.3) is 0 Å². The molecule has 1 aromatic heterocycles. The summed E-state index contributed by atoms with van der Waals surface area (Å²) >= 11 is 5.80. The van der Waals surface area contributed by atoms with E-state index in [1.165, 1.54) is 12.4 Å². The van der Waals surface area contributed by atoms with E-state index in [9.17, 15) is 22.8 Å². The van der Waals surface area contributed by atoms with E-state index >= 15 is 0 Å². The number of carbonyl (C=O) groups is 2. The number of anilines is 1. The Morgan fingerprint density at radius 2 is 1.94 bits per heavy atom. The summed E-state index contributed by atoms with van der Waals surface area (Å²) in [5, 5.41) is 0.452. The number of nitrogens with zero attached hydrogens (tertiary/aromatic N) is 4. The number of hydrogen-bond acceptors (Lipinski definition) is 8. The summed E-state index contributed by atoms with van der Waals surface area (Å²) in [6.45, 7) is 3.63. The number of nitrogens with one attached hydrogen (secondary N) is 2. The minimum atomic E-state index is -4.71. The second-order valence-electron chi connectivity index (χ2n) is 7.76. The van der Waals surface area contributed by atoms with Crippen molar-refractivity contribution in [3.63, 3.8) is 0 Å². The third-order valence-electron chi connectivity index (χ3n) is 5.31. The Labute approximate surface area is 193 Å². The predicted octanol–water partition coefficient (Wildman–Crippen LogP) is 0.772. The van der Waals surface area contributed by atoms with E-state index in [4.69, 9.17) is 21.1 Å². The molecule has 184 valence electrons. The van der Waals surface area contributed by atoms with Gasteiger partial charge in [0.05, 0.1) is 49.3 Å². The van der Waals surface area contributed by atoms with E-state index in [0.29, 0.717) is 37.1 Å². The van der Waals surface area contributed by atoms with Crippen LogP contribution in [0.4, 0.5) is 19.1 Å². The highest BCUT2D eigenvalue weighted by Crippen LogP contribution is 2.31. The van der Waals surface area contributed by atoms with Crippen molar-refractivity contribution >= 4 is 29.4 Å². The zero-order valence-corrected chi connectivity index (χ0v) is 18.7. The molecule has 2 aliphatic heterocycles. The Morgan fingerprint density at radius 1 is 1.27 bits per heavy atom. The molecule has 3 heterocycles. The fraction of sp³-hybridized carbons (Fsp3) is 0.684. The SMILES string of the molecule is C[C@H](COC1CNNC(=O)C1C(F)(F)F)OCCC(=O)N1CCN(c2ncc(Cl)cn2)CC1. The van der Waals surface area contributed by atoms with Gasteiger partial charge >= 0.3 is 6.18 Å². The molecule has 0 bridgehead atoms. The second-order valence-corrected chi connectivity index (χ2v) is 8.20. The third kappa shape index (κ3) is 7.13. The van der Waals surface area contributed by atoms with Crippen molar-refractivity contribution in [3.8, 4) is 0 Å². The molecule has 10 nitrogen and oxygen atoms in total. The summed E-state index contributed by atoms with van der Waals surface area (Å²) in [5.41, 5.74) is 4.36. The first-order valence-corrected chi connectivity index (χ1v) is 10.9. The van der Waals surface area contributed by atoms with Gasteiger partial charge in [-0.05, 0) is 6.92 Å². The molecule has 1 aromatic rings. The molecule has 33 heavy (non-hydrogen) atoms. The smallest absolute Gasteiger partial charge is 0.376 e. The normalized spacial score (nSPS) is 22.8. The number of halogens is 4. The Bertz CT molecular complexity index is 808. The Morgan fingerprint density at radius 3 is 2.58 bits per heavy atom. The van der Waals surface area contributed by atoms with Crippen LogP contribution >= 0.6 is 11.6 Å². The molecule has 2 saturated heterocycles. The van der Waals surface area contributed by atoms with Gasteiger partial charge in [-0.15, -0.1) is 0 Å². The molecule has 2 fully saturated rings. The molecular weight excluding hydrogens is 469 g/mol. The molecule has 2 amide bonds. The Hall–Kier alpha value is -2.22. The Kier molecular flexibility index (Phi) is 8.68. The average molecular weight is 495 g/mol. The van der Waals surface area contributed by atoms with Crippen molar-refractivity contribution in [1.82, 2.24) is 25.7 Å². The molecule has 0 radical (unpaired) electrons. The van der Waals surface area contributed by atoms with Crippen LogP contribution < -0.4 is 15.8 Å². The molecule has 2 unspecified atom stereocenters. The maximum absolute atomic E-state index is 13.1. The minimum Gasteiger partial charge on any atom is -0.376 e. The van der Waals surface area contributed by atoms with Crippen molar-refractivity contribution in [2.45, 2.75) is 31.7 Å². The monoisotopic (exact) mass is 494 g/mol. The van der Waals surface area contributed by atoms with Crippen LogP contribution in [-0.4, -0.2) is 91.0 Å². The number of ether oxygens (including phenoxy) is 2. The van der Waals surface area contributed by atoms with Gasteiger partial charge in [0.2, 0.25) is 17.8 Å². The van der Waals surface area contributed by atoms with E-state index in [1.807, 2.05) is 10.3 Å². The largest absolute Gasteiger partial charge is 0.403 e. The summed E-state index contributed by atoms with van der Waals surface area (Å²) in [6, 6.07) is 0. The number of piperazine rings is 1. The lowest BCUT2D eigenvalue weighted by atomic mass is 9.99. The van der Waals surface area contributed by atoms with E-state index in [1.54, 1.807) is 11.8 Å². The Balaban J connectivity index is 1.35. The molecule has 3 rings (SSSR count). The second kappa shape index (κ2) is 11.3. The first-order chi connectivity index (χ1) is 15.6. The van der Waals surface area contributed by atoms with E-state index in [-0.39, 0.29) is 32.1 Å². The molecule has 0 aromatic carbocycles. The van der Waals surface area contributed by atoms with E-state index in [0.717, 1.165) is 0 Å². The first-order valence-electron chi connectivity index (χ1n) is 10.5. The molecule has 14 heteroatoms. The van der Waals surface area contributed by atoms with Crippen molar-refractivity contribution in [2.75, 3.05) is 50.8 Å².